The molecule has 130 valence electrons. The summed E-state index contributed by atoms with van der Waals surface area (Å²) < 4.78 is 18.9. The summed E-state index contributed by atoms with van der Waals surface area (Å²) in [6, 6.07) is 7.64. The van der Waals surface area contributed by atoms with E-state index in [-0.39, 0.29) is 17.8 Å². The second-order valence-corrected chi connectivity index (χ2v) is 7.43. The molecule has 0 aliphatic carbocycles. The number of carbonyl (C=O) groups excluding carboxylic acids is 1. The van der Waals surface area contributed by atoms with Crippen molar-refractivity contribution in [2.45, 2.75) is 50.3 Å². The molecule has 0 aromatic heterocycles. The number of carbonyl (C=O) groups is 1. The van der Waals surface area contributed by atoms with Gasteiger partial charge in [0, 0.05) is 25.0 Å². The van der Waals surface area contributed by atoms with Crippen LogP contribution in [-0.4, -0.2) is 42.6 Å². The van der Waals surface area contributed by atoms with Crippen LogP contribution in [0.4, 0.5) is 4.39 Å². The van der Waals surface area contributed by atoms with E-state index in [9.17, 15) is 9.18 Å². The number of halogens is 1. The molecule has 3 aliphatic heterocycles. The average Bonchev–Trinajstić information content (AvgIpc) is 2.94. The molecule has 3 heterocycles. The van der Waals surface area contributed by atoms with Crippen molar-refractivity contribution >= 4 is 5.91 Å². The summed E-state index contributed by atoms with van der Waals surface area (Å²) in [6.45, 7) is 1.78. The van der Waals surface area contributed by atoms with Gasteiger partial charge in [-0.05, 0) is 49.3 Å². The highest BCUT2D eigenvalue weighted by molar-refractivity contribution is 5.76. The summed E-state index contributed by atoms with van der Waals surface area (Å²) in [5, 5.41) is 3.63. The molecule has 3 saturated heterocycles. The third kappa shape index (κ3) is 3.47. The predicted octanol–water partition coefficient (Wildman–Crippen LogP) is 2.65. The van der Waals surface area contributed by atoms with E-state index in [1.807, 2.05) is 4.90 Å². The SMILES string of the molecule is O=C(CC1CC2CCC(C1)N2)N1CCOC(c2ccc(F)cc2)C1. The number of nitrogens with one attached hydrogen (secondary N) is 1. The highest BCUT2D eigenvalue weighted by atomic mass is 19.1. The third-order valence-corrected chi connectivity index (χ3v) is 5.69. The van der Waals surface area contributed by atoms with Crippen molar-refractivity contribution in [1.29, 1.82) is 0 Å². The Morgan fingerprint density at radius 1 is 1.21 bits per heavy atom. The molecule has 4 rings (SSSR count). The van der Waals surface area contributed by atoms with Crippen LogP contribution in [0.2, 0.25) is 0 Å². The lowest BCUT2D eigenvalue weighted by Gasteiger charge is -2.35. The second kappa shape index (κ2) is 6.81. The molecule has 3 fully saturated rings. The van der Waals surface area contributed by atoms with Gasteiger partial charge in [-0.25, -0.2) is 4.39 Å². The minimum absolute atomic E-state index is 0.146. The number of ether oxygens (including phenoxy) is 1. The lowest BCUT2D eigenvalue weighted by molar-refractivity contribution is -0.140. The number of nitrogens with zero attached hydrogens (tertiary/aromatic N) is 1. The maximum Gasteiger partial charge on any atom is 0.223 e. The fourth-order valence-corrected chi connectivity index (χ4v) is 4.47. The Morgan fingerprint density at radius 2 is 1.92 bits per heavy atom. The first-order chi connectivity index (χ1) is 11.7. The van der Waals surface area contributed by atoms with Crippen LogP contribution in [0.25, 0.3) is 0 Å². The molecule has 0 spiro atoms. The first kappa shape index (κ1) is 16.0. The zero-order valence-electron chi connectivity index (χ0n) is 13.9. The summed E-state index contributed by atoms with van der Waals surface area (Å²) in [4.78, 5) is 14.7. The minimum atomic E-state index is -0.247. The van der Waals surface area contributed by atoms with Crippen molar-refractivity contribution in [3.05, 3.63) is 35.6 Å². The molecule has 3 unspecified atom stereocenters. The Hall–Kier alpha value is -1.46. The lowest BCUT2D eigenvalue weighted by Crippen LogP contribution is -2.44. The summed E-state index contributed by atoms with van der Waals surface area (Å²) >= 11 is 0. The molecule has 1 aromatic rings. The number of fused-ring (bicyclic) bond motifs is 2. The smallest absolute Gasteiger partial charge is 0.223 e. The topological polar surface area (TPSA) is 41.6 Å². The van der Waals surface area contributed by atoms with Crippen molar-refractivity contribution in [2.75, 3.05) is 19.7 Å². The number of hydrogen-bond donors (Lipinski definition) is 1. The van der Waals surface area contributed by atoms with Crippen LogP contribution in [0.15, 0.2) is 24.3 Å². The number of amides is 1. The maximum absolute atomic E-state index is 13.1. The monoisotopic (exact) mass is 332 g/mol. The summed E-state index contributed by atoms with van der Waals surface area (Å²) in [6.07, 6.45) is 5.30. The van der Waals surface area contributed by atoms with Crippen LogP contribution in [0.3, 0.4) is 0 Å². The van der Waals surface area contributed by atoms with E-state index in [0.29, 0.717) is 44.1 Å². The lowest BCUT2D eigenvalue weighted by atomic mass is 9.89. The molecule has 1 N–H and O–H groups in total. The highest BCUT2D eigenvalue weighted by Crippen LogP contribution is 2.33. The van der Waals surface area contributed by atoms with E-state index < -0.39 is 0 Å². The van der Waals surface area contributed by atoms with E-state index in [2.05, 4.69) is 5.32 Å². The molecule has 0 radical (unpaired) electrons. The molecule has 24 heavy (non-hydrogen) atoms. The van der Waals surface area contributed by atoms with Crippen LogP contribution in [0.5, 0.6) is 0 Å². The number of morpholine rings is 1. The van der Waals surface area contributed by atoms with Crippen molar-refractivity contribution in [3.8, 4) is 0 Å². The van der Waals surface area contributed by atoms with E-state index in [1.54, 1.807) is 12.1 Å². The van der Waals surface area contributed by atoms with Gasteiger partial charge in [0.25, 0.3) is 0 Å². The van der Waals surface area contributed by atoms with Crippen LogP contribution in [0, 0.1) is 11.7 Å². The second-order valence-electron chi connectivity index (χ2n) is 7.43. The minimum Gasteiger partial charge on any atom is -0.370 e. The molecule has 3 aliphatic rings. The maximum atomic E-state index is 13.1. The molecule has 1 aromatic carbocycles. The van der Waals surface area contributed by atoms with Gasteiger partial charge in [-0.3, -0.25) is 4.79 Å². The van der Waals surface area contributed by atoms with Crippen molar-refractivity contribution in [2.24, 2.45) is 5.92 Å². The van der Waals surface area contributed by atoms with Gasteiger partial charge in [-0.15, -0.1) is 0 Å². The van der Waals surface area contributed by atoms with Gasteiger partial charge in [0.15, 0.2) is 0 Å². The van der Waals surface area contributed by atoms with E-state index >= 15 is 0 Å². The number of benzene rings is 1. The quantitative estimate of drug-likeness (QED) is 0.925. The Labute approximate surface area is 142 Å². The van der Waals surface area contributed by atoms with Gasteiger partial charge >= 0.3 is 0 Å². The largest absolute Gasteiger partial charge is 0.370 e. The number of piperidine rings is 1. The van der Waals surface area contributed by atoms with Gasteiger partial charge in [-0.1, -0.05) is 12.1 Å². The van der Waals surface area contributed by atoms with Crippen LogP contribution < -0.4 is 5.32 Å². The van der Waals surface area contributed by atoms with Crippen molar-refractivity contribution in [3.63, 3.8) is 0 Å². The Balaban J connectivity index is 1.35. The standard InChI is InChI=1S/C19H25FN2O2/c20-15-3-1-14(2-4-15)18-12-22(7-8-24-18)19(23)11-13-9-16-5-6-17(10-13)21-16/h1-4,13,16-18,21H,5-12H2. The predicted molar refractivity (Wildman–Crippen MR) is 89.0 cm³/mol. The first-order valence-electron chi connectivity index (χ1n) is 9.08. The fraction of sp³-hybridized carbons (Fsp3) is 0.632. The van der Waals surface area contributed by atoms with E-state index in [1.165, 1.54) is 25.0 Å². The molecule has 5 heteroatoms. The van der Waals surface area contributed by atoms with Gasteiger partial charge in [0.1, 0.15) is 11.9 Å². The number of rotatable bonds is 3. The highest BCUT2D eigenvalue weighted by Gasteiger charge is 2.35. The van der Waals surface area contributed by atoms with Gasteiger partial charge in [0.2, 0.25) is 5.91 Å². The van der Waals surface area contributed by atoms with Crippen LogP contribution >= 0.6 is 0 Å². The van der Waals surface area contributed by atoms with Gasteiger partial charge in [-0.2, -0.15) is 0 Å². The fourth-order valence-electron chi connectivity index (χ4n) is 4.47. The third-order valence-electron chi connectivity index (χ3n) is 5.69. The molecular weight excluding hydrogens is 307 g/mol. The molecular formula is C19H25FN2O2. The average molecular weight is 332 g/mol. The molecule has 2 bridgehead atoms. The van der Waals surface area contributed by atoms with Crippen molar-refractivity contribution in [1.82, 2.24) is 10.2 Å². The molecule has 4 nitrogen and oxygen atoms in total. The Kier molecular flexibility index (Phi) is 4.55. The van der Waals surface area contributed by atoms with E-state index in [4.69, 9.17) is 4.74 Å². The molecule has 0 saturated carbocycles. The van der Waals surface area contributed by atoms with Crippen molar-refractivity contribution < 1.29 is 13.9 Å². The zero-order valence-corrected chi connectivity index (χ0v) is 13.9. The summed E-state index contributed by atoms with van der Waals surface area (Å²) in [5.41, 5.74) is 0.939. The molecule has 3 atom stereocenters. The normalized spacial score (nSPS) is 32.8. The van der Waals surface area contributed by atoms with Crippen LogP contribution in [-0.2, 0) is 9.53 Å². The number of hydrogen-bond acceptors (Lipinski definition) is 3. The van der Waals surface area contributed by atoms with Gasteiger partial charge in [0.05, 0.1) is 13.2 Å². The van der Waals surface area contributed by atoms with E-state index in [0.717, 1.165) is 18.4 Å². The summed E-state index contributed by atoms with van der Waals surface area (Å²) in [5.74, 6) is 0.517. The summed E-state index contributed by atoms with van der Waals surface area (Å²) in [7, 11) is 0. The van der Waals surface area contributed by atoms with Gasteiger partial charge < -0.3 is 15.0 Å². The Morgan fingerprint density at radius 3 is 2.62 bits per heavy atom. The Bertz CT molecular complexity index is 580. The van der Waals surface area contributed by atoms with Crippen LogP contribution in [0.1, 0.15) is 43.8 Å². The zero-order chi connectivity index (χ0) is 16.5. The first-order valence-corrected chi connectivity index (χ1v) is 9.08. The molecule has 1 amide bonds.